The number of Topliss-reactive ketones (excluding diaryl/α,β-unsaturated/α-hetero) is 4. The highest BCUT2D eigenvalue weighted by atomic mass is 32.1. The molecule has 3 aromatic heterocycles. The minimum absolute atomic E-state index is 0.00229. The van der Waals surface area contributed by atoms with Crippen LogP contribution in [0.2, 0.25) is 0 Å². The van der Waals surface area contributed by atoms with Crippen molar-refractivity contribution in [1.29, 1.82) is 0 Å². The molecule has 0 saturated heterocycles. The number of allylic oxidation sites excluding steroid dienone is 2. The lowest BCUT2D eigenvalue weighted by atomic mass is 9.76. The van der Waals surface area contributed by atoms with Gasteiger partial charge in [0, 0.05) is 68.8 Å². The lowest BCUT2D eigenvalue weighted by Gasteiger charge is -2.29. The molecule has 4 aliphatic rings. The molecule has 0 radical (unpaired) electrons. The topological polar surface area (TPSA) is 173 Å². The molecular formula is C66H40O12S3. The van der Waals surface area contributed by atoms with Gasteiger partial charge in [-0.15, -0.1) is 34.0 Å². The molecule has 0 unspecified atom stereocenters. The van der Waals surface area contributed by atoms with E-state index in [1.54, 1.807) is 188 Å². The number of rotatable bonds is 14. The maximum absolute atomic E-state index is 16.3. The number of benzene rings is 6. The van der Waals surface area contributed by atoms with E-state index < -0.39 is 57.8 Å². The molecule has 394 valence electrons. The lowest BCUT2D eigenvalue weighted by molar-refractivity contribution is -0.165. The predicted octanol–water partition coefficient (Wildman–Crippen LogP) is 12.0. The zero-order chi connectivity index (χ0) is 55.6. The molecule has 0 bridgehead atoms. The first-order valence-corrected chi connectivity index (χ1v) is 28.0. The summed E-state index contributed by atoms with van der Waals surface area (Å²) in [5, 5.41) is 0. The summed E-state index contributed by atoms with van der Waals surface area (Å²) in [6.45, 7) is -1.25. The number of carbonyl (C=O) groups excluding carboxylic acids is 8. The van der Waals surface area contributed by atoms with Gasteiger partial charge in [-0.05, 0) is 57.7 Å². The van der Waals surface area contributed by atoms with Crippen LogP contribution in [0.4, 0.5) is 0 Å². The zero-order valence-electron chi connectivity index (χ0n) is 42.4. The number of ether oxygens (including phenoxy) is 4. The molecule has 0 amide bonds. The van der Waals surface area contributed by atoms with Crippen molar-refractivity contribution in [2.75, 3.05) is 0 Å². The summed E-state index contributed by atoms with van der Waals surface area (Å²) < 4.78 is 26.2. The Bertz CT molecular complexity index is 4160. The Morgan fingerprint density at radius 1 is 0.383 bits per heavy atom. The van der Waals surface area contributed by atoms with E-state index in [4.69, 9.17) is 18.9 Å². The van der Waals surface area contributed by atoms with Gasteiger partial charge in [0.05, 0.1) is 4.70 Å². The zero-order valence-corrected chi connectivity index (χ0v) is 44.9. The Labute approximate surface area is 473 Å². The number of hydrogen-bond acceptors (Lipinski definition) is 15. The summed E-state index contributed by atoms with van der Waals surface area (Å²) in [7, 11) is 0. The molecule has 3 heterocycles. The van der Waals surface area contributed by atoms with Crippen molar-refractivity contribution < 1.29 is 57.3 Å². The number of thiophene rings is 3. The Hall–Kier alpha value is -9.54. The fraction of sp³-hybridized carbons (Fsp3) is 0.0909. The van der Waals surface area contributed by atoms with Gasteiger partial charge in [-0.1, -0.05) is 170 Å². The largest absolute Gasteiger partial charge is 0.459 e. The van der Waals surface area contributed by atoms with Gasteiger partial charge < -0.3 is 18.9 Å². The van der Waals surface area contributed by atoms with Crippen molar-refractivity contribution in [1.82, 2.24) is 0 Å². The van der Waals surface area contributed by atoms with Gasteiger partial charge in [-0.3, -0.25) is 38.4 Å². The van der Waals surface area contributed by atoms with Gasteiger partial charge in [0.2, 0.25) is 34.0 Å². The lowest BCUT2D eigenvalue weighted by Crippen LogP contribution is -2.45. The quantitative estimate of drug-likeness (QED) is 0.0332. The summed E-state index contributed by atoms with van der Waals surface area (Å²) in [6.07, 6.45) is 3.11. The third-order valence-corrected chi connectivity index (χ3v) is 18.3. The minimum Gasteiger partial charge on any atom is -0.459 e. The van der Waals surface area contributed by atoms with Crippen LogP contribution in [0.1, 0.15) is 84.7 Å². The summed E-state index contributed by atoms with van der Waals surface area (Å²) in [5.74, 6) is -7.19. The number of hydrogen-bond donors (Lipinski definition) is 0. The normalized spacial score (nSPS) is 16.1. The molecule has 13 rings (SSSR count). The van der Waals surface area contributed by atoms with Crippen molar-refractivity contribution >= 4 is 125 Å². The van der Waals surface area contributed by atoms with Gasteiger partial charge in [0.25, 0.3) is 0 Å². The maximum atomic E-state index is 16.3. The number of esters is 4. The van der Waals surface area contributed by atoms with Crippen LogP contribution in [0.25, 0.3) is 43.8 Å². The van der Waals surface area contributed by atoms with Crippen LogP contribution >= 0.6 is 34.0 Å². The van der Waals surface area contributed by atoms with E-state index >= 15 is 19.2 Å². The van der Waals surface area contributed by atoms with Crippen molar-refractivity contribution in [3.8, 4) is 0 Å². The fourth-order valence-corrected chi connectivity index (χ4v) is 15.2. The van der Waals surface area contributed by atoms with Crippen molar-refractivity contribution in [2.45, 2.75) is 37.3 Å². The molecule has 0 fully saturated rings. The van der Waals surface area contributed by atoms with E-state index in [0.29, 0.717) is 47.7 Å². The Kier molecular flexibility index (Phi) is 12.8. The van der Waals surface area contributed by atoms with Gasteiger partial charge in [-0.25, -0.2) is 0 Å². The van der Waals surface area contributed by atoms with Crippen LogP contribution in [0.15, 0.2) is 182 Å². The predicted molar refractivity (Wildman–Crippen MR) is 306 cm³/mol. The van der Waals surface area contributed by atoms with Gasteiger partial charge >= 0.3 is 23.9 Å². The van der Waals surface area contributed by atoms with Crippen LogP contribution < -0.4 is 0 Å². The average molecular weight is 1120 g/mol. The summed E-state index contributed by atoms with van der Waals surface area (Å²) >= 11 is 3.24. The van der Waals surface area contributed by atoms with E-state index in [0.717, 1.165) is 34.0 Å². The Balaban J connectivity index is 1.09. The van der Waals surface area contributed by atoms with Crippen LogP contribution in [-0.2, 0) is 85.0 Å². The molecule has 81 heavy (non-hydrogen) atoms. The molecule has 0 atom stereocenters. The molecule has 12 nitrogen and oxygen atoms in total. The molecular weight excluding hydrogens is 1080 g/mol. The van der Waals surface area contributed by atoms with Crippen LogP contribution in [0.5, 0.6) is 0 Å². The van der Waals surface area contributed by atoms with E-state index in [-0.39, 0.29) is 85.6 Å². The van der Waals surface area contributed by atoms with Crippen molar-refractivity contribution in [3.05, 3.63) is 257 Å². The first-order valence-electron chi connectivity index (χ1n) is 25.6. The fourth-order valence-electron chi connectivity index (χ4n) is 11.1. The van der Waals surface area contributed by atoms with E-state index in [2.05, 4.69) is 0 Å². The Morgan fingerprint density at radius 3 is 1.16 bits per heavy atom. The molecule has 4 aliphatic carbocycles. The van der Waals surface area contributed by atoms with Crippen LogP contribution in [-0.4, -0.2) is 47.0 Å². The molecule has 0 spiro atoms. The molecule has 0 aliphatic heterocycles. The molecule has 9 aromatic rings. The number of carbonyl (C=O) groups is 8. The van der Waals surface area contributed by atoms with Crippen molar-refractivity contribution in [3.63, 3.8) is 0 Å². The highest BCUT2D eigenvalue weighted by Gasteiger charge is 2.72. The maximum Gasteiger partial charge on any atom is 0.333 e. The van der Waals surface area contributed by atoms with Crippen LogP contribution in [0.3, 0.4) is 0 Å². The average Bonchev–Trinajstić information content (AvgIpc) is 3.30. The summed E-state index contributed by atoms with van der Waals surface area (Å²) in [4.78, 5) is 120. The van der Waals surface area contributed by atoms with Crippen LogP contribution in [0, 0.1) is 0 Å². The first-order chi connectivity index (χ1) is 39.5. The highest BCUT2D eigenvalue weighted by molar-refractivity contribution is 7.29. The Morgan fingerprint density at radius 2 is 0.741 bits per heavy atom. The van der Waals surface area contributed by atoms with E-state index in [1.165, 1.54) is 6.08 Å². The van der Waals surface area contributed by atoms with Crippen molar-refractivity contribution in [2.24, 2.45) is 0 Å². The third kappa shape index (κ3) is 8.22. The monoisotopic (exact) mass is 1120 g/mol. The molecule has 6 aromatic carbocycles. The third-order valence-electron chi connectivity index (χ3n) is 14.8. The number of fused-ring (bicyclic) bond motifs is 8. The smallest absolute Gasteiger partial charge is 0.333 e. The SMILES string of the molecule is O=C1C(=O)c2ccccc2/C1=C/c1cc2c(s1)C1=C(c3sc4cc(/C=C5\C(=O)C(=O)c6ccccc65)sc4c3C1(C(=O)OCc1ccccc1)C(=O)OCc1ccccc1)C2(C(=O)OCc1ccccc1)C(=O)OCc1ccccc1. The second-order valence-electron chi connectivity index (χ2n) is 19.6. The van der Waals surface area contributed by atoms with Gasteiger partial charge in [0.15, 0.2) is 0 Å². The van der Waals surface area contributed by atoms with Gasteiger partial charge in [-0.2, -0.15) is 0 Å². The summed E-state index contributed by atoms with van der Waals surface area (Å²) in [5.41, 5.74) is -1.45. The second kappa shape index (κ2) is 20.3. The van der Waals surface area contributed by atoms with Gasteiger partial charge in [0.1, 0.15) is 26.4 Å². The first kappa shape index (κ1) is 50.9. The van der Waals surface area contributed by atoms with E-state index in [1.807, 2.05) is 0 Å². The highest BCUT2D eigenvalue weighted by Crippen LogP contribution is 2.69. The summed E-state index contributed by atoms with van der Waals surface area (Å²) in [6, 6.07) is 52.0. The standard InChI is InChI=1S/C66H40O12S3/c67-54-45-27-15-13-25-43(45)47(56(54)69)29-41-31-49-58(79-41)51-52(65(49,61(71)75-33-37-17-5-1-6-18-37)62(72)76-34-38-19-7-2-8-20-38)60-53(59-50(81-60)32-42(80-59)30-48-44-26-14-16-28-46(44)55(68)57(48)70)66(51,63(73)77-35-39-21-9-3-10-22-39)64(74)78-36-40-23-11-4-12-24-40/h1-32H,33-36H2/b47-29-,48-30-. The molecule has 0 N–H and O–H groups in total. The number of ketones is 4. The van der Waals surface area contributed by atoms with E-state index in [9.17, 15) is 19.2 Å². The second-order valence-corrected chi connectivity index (χ2v) is 22.8. The molecule has 0 saturated carbocycles. The molecule has 15 heteroatoms. The minimum atomic E-state index is -2.62.